The summed E-state index contributed by atoms with van der Waals surface area (Å²) in [5, 5.41) is 11.8. The first-order valence-corrected chi connectivity index (χ1v) is 5.66. The third-order valence-corrected chi connectivity index (χ3v) is 3.28. The van der Waals surface area contributed by atoms with Crippen LogP contribution >= 0.6 is 0 Å². The molecule has 1 amide bonds. The van der Waals surface area contributed by atoms with E-state index in [1.807, 2.05) is 13.8 Å². The first-order chi connectivity index (χ1) is 7.79. The van der Waals surface area contributed by atoms with Gasteiger partial charge in [0.1, 0.15) is 5.41 Å². The largest absolute Gasteiger partial charge is 0.481 e. The molecule has 1 rings (SSSR count). The summed E-state index contributed by atoms with van der Waals surface area (Å²) >= 11 is 0. The first-order valence-electron chi connectivity index (χ1n) is 5.66. The van der Waals surface area contributed by atoms with E-state index in [0.29, 0.717) is 0 Å². The number of aliphatic carboxylic acids is 1. The molecule has 3 atom stereocenters. The Morgan fingerprint density at radius 3 is 2.59 bits per heavy atom. The Kier molecular flexibility index (Phi) is 4.11. The molecule has 1 heterocycles. The Labute approximate surface area is 101 Å². The van der Waals surface area contributed by atoms with Crippen LogP contribution in [-0.2, 0) is 14.3 Å². The van der Waals surface area contributed by atoms with Gasteiger partial charge in [0.15, 0.2) is 0 Å². The van der Waals surface area contributed by atoms with Gasteiger partial charge in [0, 0.05) is 0 Å². The number of hydrogen-bond donors (Lipinski definition) is 3. The molecule has 17 heavy (non-hydrogen) atoms. The Morgan fingerprint density at radius 2 is 2.12 bits per heavy atom. The van der Waals surface area contributed by atoms with Gasteiger partial charge in [0.2, 0.25) is 5.91 Å². The van der Waals surface area contributed by atoms with Crippen LogP contribution in [0.25, 0.3) is 0 Å². The molecule has 6 nitrogen and oxygen atoms in total. The summed E-state index contributed by atoms with van der Waals surface area (Å²) in [6, 6.07) is -1.16. The van der Waals surface area contributed by atoms with Crippen LogP contribution in [0, 0.1) is 11.3 Å². The molecule has 0 radical (unpaired) electrons. The average molecular weight is 244 g/mol. The highest BCUT2D eigenvalue weighted by Crippen LogP contribution is 2.28. The zero-order valence-corrected chi connectivity index (χ0v) is 10.4. The molecule has 0 aromatic heterocycles. The van der Waals surface area contributed by atoms with Crippen molar-refractivity contribution in [3.8, 4) is 0 Å². The average Bonchev–Trinajstić information content (AvgIpc) is 2.60. The highest BCUT2D eigenvalue weighted by molar-refractivity contribution is 5.84. The maximum atomic E-state index is 11.8. The molecular formula is C11H20N2O4. The number of amides is 1. The molecule has 98 valence electrons. The van der Waals surface area contributed by atoms with Gasteiger partial charge >= 0.3 is 5.97 Å². The van der Waals surface area contributed by atoms with Crippen LogP contribution in [0.15, 0.2) is 0 Å². The summed E-state index contributed by atoms with van der Waals surface area (Å²) in [6.07, 6.45) is 0. The van der Waals surface area contributed by atoms with E-state index in [9.17, 15) is 9.59 Å². The number of nitrogens with one attached hydrogen (secondary N) is 1. The lowest BCUT2D eigenvalue weighted by Gasteiger charge is -2.27. The van der Waals surface area contributed by atoms with E-state index in [0.717, 1.165) is 0 Å². The van der Waals surface area contributed by atoms with Gasteiger partial charge in [-0.15, -0.1) is 0 Å². The van der Waals surface area contributed by atoms with E-state index < -0.39 is 23.5 Å². The third kappa shape index (κ3) is 2.76. The number of hydrogen-bond acceptors (Lipinski definition) is 4. The van der Waals surface area contributed by atoms with Crippen molar-refractivity contribution >= 4 is 11.9 Å². The smallest absolute Gasteiger partial charge is 0.313 e. The van der Waals surface area contributed by atoms with Crippen LogP contribution in [0.5, 0.6) is 0 Å². The molecular weight excluding hydrogens is 224 g/mol. The molecule has 1 aliphatic rings. The number of carbonyl (C=O) groups is 2. The lowest BCUT2D eigenvalue weighted by Crippen LogP contribution is -2.54. The quantitative estimate of drug-likeness (QED) is 0.623. The SMILES string of the molecule is CC(C)[C@@H](N)C(=O)NC1COCC1(C)C(=O)O. The zero-order chi connectivity index (χ0) is 13.2. The van der Waals surface area contributed by atoms with Crippen LogP contribution in [0.2, 0.25) is 0 Å². The molecule has 1 fully saturated rings. The van der Waals surface area contributed by atoms with E-state index in [4.69, 9.17) is 15.6 Å². The van der Waals surface area contributed by atoms with Gasteiger partial charge in [-0.3, -0.25) is 9.59 Å². The normalized spacial score (nSPS) is 30.3. The lowest BCUT2D eigenvalue weighted by molar-refractivity contribution is -0.149. The monoisotopic (exact) mass is 244 g/mol. The number of carboxylic acids is 1. The molecule has 6 heteroatoms. The molecule has 0 saturated carbocycles. The maximum absolute atomic E-state index is 11.8. The van der Waals surface area contributed by atoms with Crippen LogP contribution in [-0.4, -0.2) is 42.3 Å². The van der Waals surface area contributed by atoms with E-state index in [1.165, 1.54) is 0 Å². The van der Waals surface area contributed by atoms with Gasteiger partial charge in [-0.1, -0.05) is 13.8 Å². The minimum absolute atomic E-state index is 0.00778. The summed E-state index contributed by atoms with van der Waals surface area (Å²) in [6.45, 7) is 5.55. The molecule has 0 aromatic rings. The van der Waals surface area contributed by atoms with Crippen molar-refractivity contribution < 1.29 is 19.4 Å². The Hall–Kier alpha value is -1.14. The fraction of sp³-hybridized carbons (Fsp3) is 0.818. The predicted octanol–water partition coefficient (Wildman–Crippen LogP) is -0.424. The number of rotatable bonds is 4. The van der Waals surface area contributed by atoms with E-state index in [2.05, 4.69) is 5.32 Å². The fourth-order valence-corrected chi connectivity index (χ4v) is 1.66. The predicted molar refractivity (Wildman–Crippen MR) is 61.3 cm³/mol. The highest BCUT2D eigenvalue weighted by Gasteiger charge is 2.47. The fourth-order valence-electron chi connectivity index (χ4n) is 1.66. The zero-order valence-electron chi connectivity index (χ0n) is 10.4. The summed E-state index contributed by atoms with van der Waals surface area (Å²) in [4.78, 5) is 22.9. The Bertz CT molecular complexity index is 319. The van der Waals surface area contributed by atoms with Crippen LogP contribution in [0.4, 0.5) is 0 Å². The molecule has 1 aliphatic heterocycles. The standard InChI is InChI=1S/C11H20N2O4/c1-6(2)8(12)9(14)13-7-4-17-5-11(7,3)10(15)16/h6-8H,4-5,12H2,1-3H3,(H,13,14)(H,15,16)/t7?,8-,11?/m1/s1. The van der Waals surface area contributed by atoms with E-state index in [1.54, 1.807) is 6.92 Å². The number of carbonyl (C=O) groups excluding carboxylic acids is 1. The summed E-state index contributed by atoms with van der Waals surface area (Å²) in [7, 11) is 0. The van der Waals surface area contributed by atoms with Gasteiger partial charge in [-0.25, -0.2) is 0 Å². The van der Waals surface area contributed by atoms with Crippen molar-refractivity contribution in [1.82, 2.24) is 5.32 Å². The minimum Gasteiger partial charge on any atom is -0.481 e. The second-order valence-corrected chi connectivity index (χ2v) is 5.07. The van der Waals surface area contributed by atoms with Crippen molar-refractivity contribution in [2.24, 2.45) is 17.1 Å². The summed E-state index contributed by atoms with van der Waals surface area (Å²) in [5.41, 5.74) is 4.63. The number of carboxylic acid groups (broad SMARTS) is 1. The highest BCUT2D eigenvalue weighted by atomic mass is 16.5. The Morgan fingerprint density at radius 1 is 1.53 bits per heavy atom. The Balaban J connectivity index is 2.69. The van der Waals surface area contributed by atoms with Crippen molar-refractivity contribution in [2.75, 3.05) is 13.2 Å². The first kappa shape index (κ1) is 13.9. The van der Waals surface area contributed by atoms with E-state index >= 15 is 0 Å². The van der Waals surface area contributed by atoms with Crippen molar-refractivity contribution in [2.45, 2.75) is 32.9 Å². The van der Waals surface area contributed by atoms with Gasteiger partial charge in [-0.2, -0.15) is 0 Å². The van der Waals surface area contributed by atoms with Crippen LogP contribution < -0.4 is 11.1 Å². The molecule has 0 aromatic carbocycles. The van der Waals surface area contributed by atoms with Gasteiger partial charge in [0.25, 0.3) is 0 Å². The van der Waals surface area contributed by atoms with Gasteiger partial charge < -0.3 is 20.9 Å². The third-order valence-electron chi connectivity index (χ3n) is 3.28. The summed E-state index contributed by atoms with van der Waals surface area (Å²) in [5.74, 6) is -1.30. The topological polar surface area (TPSA) is 102 Å². The van der Waals surface area contributed by atoms with Crippen molar-refractivity contribution in [1.29, 1.82) is 0 Å². The van der Waals surface area contributed by atoms with Crippen LogP contribution in [0.1, 0.15) is 20.8 Å². The molecule has 0 spiro atoms. The van der Waals surface area contributed by atoms with Gasteiger partial charge in [-0.05, 0) is 12.8 Å². The van der Waals surface area contributed by atoms with Crippen molar-refractivity contribution in [3.05, 3.63) is 0 Å². The molecule has 1 saturated heterocycles. The maximum Gasteiger partial charge on any atom is 0.313 e. The molecule has 2 unspecified atom stereocenters. The lowest BCUT2D eigenvalue weighted by atomic mass is 9.85. The molecule has 0 bridgehead atoms. The van der Waals surface area contributed by atoms with Crippen molar-refractivity contribution in [3.63, 3.8) is 0 Å². The second-order valence-electron chi connectivity index (χ2n) is 5.07. The number of nitrogens with two attached hydrogens (primary N) is 1. The minimum atomic E-state index is -1.08. The van der Waals surface area contributed by atoms with Crippen LogP contribution in [0.3, 0.4) is 0 Å². The van der Waals surface area contributed by atoms with Gasteiger partial charge in [0.05, 0.1) is 25.3 Å². The molecule has 0 aliphatic carbocycles. The van der Waals surface area contributed by atoms with E-state index in [-0.39, 0.29) is 25.0 Å². The summed E-state index contributed by atoms with van der Waals surface area (Å²) < 4.78 is 5.14. The second kappa shape index (κ2) is 5.01. The molecule has 4 N–H and O–H groups in total. The number of ether oxygens (including phenoxy) is 1.